The van der Waals surface area contributed by atoms with Gasteiger partial charge in [0.2, 0.25) is 11.3 Å². The summed E-state index contributed by atoms with van der Waals surface area (Å²) >= 11 is 0. The molecule has 1 N–H and O–H groups in total. The lowest BCUT2D eigenvalue weighted by molar-refractivity contribution is -0.133. The van der Waals surface area contributed by atoms with Crippen molar-refractivity contribution in [1.82, 2.24) is 20.0 Å². The summed E-state index contributed by atoms with van der Waals surface area (Å²) in [6.45, 7) is 6.61. The molecular weight excluding hydrogens is 375 g/mol. The normalized spacial score (nSPS) is 14.9. The molecule has 1 saturated heterocycles. The number of nitrogens with one attached hydrogen (secondary N) is 1. The van der Waals surface area contributed by atoms with Crippen molar-refractivity contribution < 1.29 is 14.0 Å². The second-order valence-electron chi connectivity index (χ2n) is 7.59. The number of hydrogen-bond acceptors (Lipinski definition) is 4. The van der Waals surface area contributed by atoms with Crippen molar-refractivity contribution in [2.24, 2.45) is 5.92 Å². The molecule has 1 fully saturated rings. The monoisotopic (exact) mass is 400 g/mol. The molecular formula is C21H25FN4O3. The lowest BCUT2D eigenvalue weighted by atomic mass is 10.0. The number of aryl methyl sites for hydroxylation is 1. The van der Waals surface area contributed by atoms with Crippen LogP contribution in [0.2, 0.25) is 0 Å². The summed E-state index contributed by atoms with van der Waals surface area (Å²) in [5, 5.41) is 6.76. The molecule has 1 aliphatic rings. The van der Waals surface area contributed by atoms with Crippen LogP contribution in [0.15, 0.2) is 35.1 Å². The summed E-state index contributed by atoms with van der Waals surface area (Å²) in [6.07, 6.45) is 1.88. The van der Waals surface area contributed by atoms with E-state index >= 15 is 0 Å². The molecule has 1 aromatic heterocycles. The highest BCUT2D eigenvalue weighted by atomic mass is 19.1. The zero-order valence-electron chi connectivity index (χ0n) is 16.8. The van der Waals surface area contributed by atoms with Crippen LogP contribution in [-0.4, -0.2) is 45.6 Å². The molecule has 154 valence electrons. The third kappa shape index (κ3) is 4.36. The molecule has 1 aromatic carbocycles. The highest BCUT2D eigenvalue weighted by Crippen LogP contribution is 2.15. The average molecular weight is 400 g/mol. The van der Waals surface area contributed by atoms with Crippen molar-refractivity contribution in [3.8, 4) is 5.69 Å². The van der Waals surface area contributed by atoms with Crippen molar-refractivity contribution >= 4 is 11.8 Å². The van der Waals surface area contributed by atoms with Crippen LogP contribution in [0.3, 0.4) is 0 Å². The minimum absolute atomic E-state index is 0.132. The number of rotatable bonds is 5. The molecule has 1 atom stereocenters. The Labute approximate surface area is 168 Å². The average Bonchev–Trinajstić information content (AvgIpc) is 3.21. The van der Waals surface area contributed by atoms with Crippen molar-refractivity contribution in [3.63, 3.8) is 0 Å². The first-order chi connectivity index (χ1) is 13.8. The molecule has 0 saturated carbocycles. The van der Waals surface area contributed by atoms with E-state index in [9.17, 15) is 18.8 Å². The standard InChI is InChI=1S/C21H25FN4O3/c1-13(2)18(21(29)25-10-6-7-11-25)23-20(28)19-17(27)12-14(3)26(24-19)16-9-5-4-8-15(16)22/h4-5,8-9,12-13,18H,6-7,10-11H2,1-3H3,(H,23,28)/t18-/m0/s1. The number of likely N-dealkylation sites (tertiary alicyclic amines) is 1. The van der Waals surface area contributed by atoms with E-state index in [2.05, 4.69) is 10.4 Å². The Hall–Kier alpha value is -3.03. The summed E-state index contributed by atoms with van der Waals surface area (Å²) in [4.78, 5) is 39.7. The molecule has 0 unspecified atom stereocenters. The second-order valence-corrected chi connectivity index (χ2v) is 7.59. The van der Waals surface area contributed by atoms with Crippen molar-refractivity contribution in [3.05, 3.63) is 57.8 Å². The van der Waals surface area contributed by atoms with Gasteiger partial charge < -0.3 is 10.2 Å². The topological polar surface area (TPSA) is 84.3 Å². The molecule has 0 spiro atoms. The van der Waals surface area contributed by atoms with E-state index in [1.165, 1.54) is 22.9 Å². The molecule has 2 amide bonds. The molecule has 7 nitrogen and oxygen atoms in total. The van der Waals surface area contributed by atoms with Gasteiger partial charge in [-0.2, -0.15) is 5.10 Å². The first kappa shape index (κ1) is 20.7. The maximum absolute atomic E-state index is 14.2. The van der Waals surface area contributed by atoms with Crippen LogP contribution in [0, 0.1) is 18.7 Å². The van der Waals surface area contributed by atoms with Gasteiger partial charge in [-0.15, -0.1) is 0 Å². The van der Waals surface area contributed by atoms with E-state index < -0.39 is 23.2 Å². The number of para-hydroxylation sites is 1. The summed E-state index contributed by atoms with van der Waals surface area (Å²) in [6, 6.07) is 6.45. The number of nitrogens with zero attached hydrogens (tertiary/aromatic N) is 3. The first-order valence-electron chi connectivity index (χ1n) is 9.75. The lowest BCUT2D eigenvalue weighted by Crippen LogP contribution is -2.51. The van der Waals surface area contributed by atoms with E-state index in [1.807, 2.05) is 13.8 Å². The van der Waals surface area contributed by atoms with Gasteiger partial charge in [-0.25, -0.2) is 9.07 Å². The number of amides is 2. The maximum atomic E-state index is 14.2. The molecule has 0 bridgehead atoms. The van der Waals surface area contributed by atoms with E-state index in [4.69, 9.17) is 0 Å². The second kappa shape index (κ2) is 8.55. The quantitative estimate of drug-likeness (QED) is 0.833. The zero-order chi connectivity index (χ0) is 21.1. The predicted octanol–water partition coefficient (Wildman–Crippen LogP) is 2.06. The van der Waals surface area contributed by atoms with Crippen LogP contribution in [0.5, 0.6) is 0 Å². The molecule has 1 aliphatic heterocycles. The number of aromatic nitrogens is 2. The summed E-state index contributed by atoms with van der Waals surface area (Å²) in [5.41, 5.74) is -0.430. The summed E-state index contributed by atoms with van der Waals surface area (Å²) in [5.74, 6) is -1.59. The molecule has 3 rings (SSSR count). The third-order valence-corrected chi connectivity index (χ3v) is 5.04. The fourth-order valence-corrected chi connectivity index (χ4v) is 3.43. The van der Waals surface area contributed by atoms with Gasteiger partial charge in [-0.1, -0.05) is 26.0 Å². The third-order valence-electron chi connectivity index (χ3n) is 5.04. The molecule has 0 aliphatic carbocycles. The van der Waals surface area contributed by atoms with Crippen LogP contribution in [0.25, 0.3) is 5.69 Å². The fraction of sp³-hybridized carbons (Fsp3) is 0.429. The van der Waals surface area contributed by atoms with E-state index in [0.29, 0.717) is 18.8 Å². The molecule has 2 aromatic rings. The highest BCUT2D eigenvalue weighted by Gasteiger charge is 2.31. The van der Waals surface area contributed by atoms with Gasteiger partial charge in [-0.3, -0.25) is 14.4 Å². The zero-order valence-corrected chi connectivity index (χ0v) is 16.8. The Bertz CT molecular complexity index is 980. The maximum Gasteiger partial charge on any atom is 0.276 e. The van der Waals surface area contributed by atoms with Crippen LogP contribution in [-0.2, 0) is 4.79 Å². The molecule has 2 heterocycles. The van der Waals surface area contributed by atoms with E-state index in [1.54, 1.807) is 24.0 Å². The Balaban J connectivity index is 1.92. The van der Waals surface area contributed by atoms with Crippen molar-refractivity contribution in [2.45, 2.75) is 39.7 Å². The minimum atomic E-state index is -0.759. The van der Waals surface area contributed by atoms with Crippen LogP contribution < -0.4 is 10.7 Å². The van der Waals surface area contributed by atoms with Crippen molar-refractivity contribution in [1.29, 1.82) is 0 Å². The van der Waals surface area contributed by atoms with Gasteiger partial charge >= 0.3 is 0 Å². The van der Waals surface area contributed by atoms with Crippen LogP contribution in [0.1, 0.15) is 42.9 Å². The van der Waals surface area contributed by atoms with Gasteiger partial charge in [0.25, 0.3) is 5.91 Å². The van der Waals surface area contributed by atoms with Crippen LogP contribution in [0.4, 0.5) is 4.39 Å². The van der Waals surface area contributed by atoms with Crippen molar-refractivity contribution in [2.75, 3.05) is 13.1 Å². The molecule has 0 radical (unpaired) electrons. The Morgan fingerprint density at radius 1 is 1.17 bits per heavy atom. The van der Waals surface area contributed by atoms with E-state index in [0.717, 1.165) is 12.8 Å². The van der Waals surface area contributed by atoms with Gasteiger partial charge in [0.05, 0.1) is 0 Å². The SMILES string of the molecule is Cc1cc(=O)c(C(=O)N[C@H](C(=O)N2CCCC2)C(C)C)nn1-c1ccccc1F. The number of benzene rings is 1. The summed E-state index contributed by atoms with van der Waals surface area (Å²) in [7, 11) is 0. The van der Waals surface area contributed by atoms with E-state index in [-0.39, 0.29) is 23.2 Å². The van der Waals surface area contributed by atoms with Gasteiger partial charge in [0.15, 0.2) is 5.69 Å². The fourth-order valence-electron chi connectivity index (χ4n) is 3.43. The Morgan fingerprint density at radius 2 is 1.83 bits per heavy atom. The minimum Gasteiger partial charge on any atom is -0.341 e. The summed E-state index contributed by atoms with van der Waals surface area (Å²) < 4.78 is 15.4. The Morgan fingerprint density at radius 3 is 2.45 bits per heavy atom. The molecule has 8 heteroatoms. The van der Waals surface area contributed by atoms with Crippen LogP contribution >= 0.6 is 0 Å². The Kier molecular flexibility index (Phi) is 6.10. The van der Waals surface area contributed by atoms with Gasteiger partial charge in [0.1, 0.15) is 17.5 Å². The predicted molar refractivity (Wildman–Crippen MR) is 106 cm³/mol. The number of halogens is 1. The largest absolute Gasteiger partial charge is 0.341 e. The first-order valence-corrected chi connectivity index (χ1v) is 9.75. The smallest absolute Gasteiger partial charge is 0.276 e. The van der Waals surface area contributed by atoms with Gasteiger partial charge in [0, 0.05) is 24.8 Å². The number of carbonyl (C=O) groups is 2. The molecule has 29 heavy (non-hydrogen) atoms. The number of hydrogen-bond donors (Lipinski definition) is 1. The highest BCUT2D eigenvalue weighted by molar-refractivity contribution is 5.96. The van der Waals surface area contributed by atoms with Gasteiger partial charge in [-0.05, 0) is 37.8 Å². The number of carbonyl (C=O) groups excluding carboxylic acids is 2. The lowest BCUT2D eigenvalue weighted by Gasteiger charge is -2.26.